The lowest BCUT2D eigenvalue weighted by Crippen LogP contribution is -2.60. The van der Waals surface area contributed by atoms with Crippen molar-refractivity contribution in [2.45, 2.75) is 39.2 Å². The zero-order chi connectivity index (χ0) is 25.1. The van der Waals surface area contributed by atoms with Crippen LogP contribution in [0.3, 0.4) is 0 Å². The van der Waals surface area contributed by atoms with Crippen LogP contribution in [0.4, 0.5) is 4.79 Å². The van der Waals surface area contributed by atoms with Gasteiger partial charge in [0.1, 0.15) is 6.61 Å². The molecule has 2 aromatic rings. The van der Waals surface area contributed by atoms with Crippen LogP contribution in [0, 0.1) is 23.2 Å². The second kappa shape index (κ2) is 8.11. The van der Waals surface area contributed by atoms with Gasteiger partial charge in [-0.25, -0.2) is 4.79 Å². The first-order valence-corrected chi connectivity index (χ1v) is 12.2. The number of fused-ring (bicyclic) bond motifs is 4. The fraction of sp³-hybridized carbons (Fsp3) is 0.464. The van der Waals surface area contributed by atoms with Crippen molar-refractivity contribution < 1.29 is 24.2 Å². The molecule has 2 amide bonds. The number of amides is 2. The first-order valence-electron chi connectivity index (χ1n) is 12.2. The van der Waals surface area contributed by atoms with Gasteiger partial charge in [0.2, 0.25) is 5.91 Å². The van der Waals surface area contributed by atoms with Gasteiger partial charge in [-0.3, -0.25) is 9.59 Å². The number of rotatable bonds is 6. The molecule has 35 heavy (non-hydrogen) atoms. The Morgan fingerprint density at radius 2 is 1.46 bits per heavy atom. The zero-order valence-electron chi connectivity index (χ0n) is 20.6. The van der Waals surface area contributed by atoms with E-state index in [4.69, 9.17) is 4.74 Å². The van der Waals surface area contributed by atoms with Gasteiger partial charge in [-0.15, -0.1) is 0 Å². The molecule has 0 bridgehead atoms. The Labute approximate surface area is 205 Å². The molecule has 2 aromatic carbocycles. The third kappa shape index (κ3) is 3.77. The molecule has 2 aliphatic carbocycles. The third-order valence-corrected chi connectivity index (χ3v) is 8.62. The molecule has 7 nitrogen and oxygen atoms in total. The van der Waals surface area contributed by atoms with E-state index < -0.39 is 23.0 Å². The first-order chi connectivity index (χ1) is 16.5. The number of hydrogen-bond acceptors (Lipinski definition) is 4. The van der Waals surface area contributed by atoms with Gasteiger partial charge < -0.3 is 20.1 Å². The van der Waals surface area contributed by atoms with Crippen LogP contribution in [0.15, 0.2) is 48.5 Å². The molecule has 2 atom stereocenters. The summed E-state index contributed by atoms with van der Waals surface area (Å²) in [5, 5.41) is 12.2. The number of ether oxygens (including phenoxy) is 1. The topological polar surface area (TPSA) is 95.9 Å². The van der Waals surface area contributed by atoms with E-state index in [1.807, 2.05) is 52.0 Å². The molecule has 184 valence electrons. The van der Waals surface area contributed by atoms with Gasteiger partial charge in [-0.1, -0.05) is 48.5 Å². The van der Waals surface area contributed by atoms with E-state index in [-0.39, 0.29) is 36.2 Å². The van der Waals surface area contributed by atoms with Gasteiger partial charge in [0.15, 0.2) is 0 Å². The summed E-state index contributed by atoms with van der Waals surface area (Å²) < 4.78 is 5.70. The monoisotopic (exact) mass is 476 g/mol. The SMILES string of the molecule is CC(C)(NC(=O)OCC1c2ccccc2-c2ccccc21)C(C)(C)C(=O)N1CC2C(C1)C2C(=O)O. The highest BCUT2D eigenvalue weighted by molar-refractivity contribution is 5.86. The van der Waals surface area contributed by atoms with Gasteiger partial charge in [-0.2, -0.15) is 0 Å². The Hall–Kier alpha value is -3.35. The van der Waals surface area contributed by atoms with Gasteiger partial charge in [-0.05, 0) is 61.8 Å². The maximum Gasteiger partial charge on any atom is 0.407 e. The van der Waals surface area contributed by atoms with Crippen molar-refractivity contribution >= 4 is 18.0 Å². The predicted octanol–water partition coefficient (Wildman–Crippen LogP) is 4.12. The summed E-state index contributed by atoms with van der Waals surface area (Å²) in [4.78, 5) is 39.3. The van der Waals surface area contributed by atoms with Crippen molar-refractivity contribution in [3.63, 3.8) is 0 Å². The molecule has 1 heterocycles. The van der Waals surface area contributed by atoms with Gasteiger partial charge in [0, 0.05) is 19.0 Å². The average Bonchev–Trinajstić information content (AvgIpc) is 3.17. The second-order valence-electron chi connectivity index (χ2n) is 11.1. The second-order valence-corrected chi connectivity index (χ2v) is 11.1. The van der Waals surface area contributed by atoms with E-state index in [2.05, 4.69) is 29.6 Å². The van der Waals surface area contributed by atoms with Crippen LogP contribution in [0.2, 0.25) is 0 Å². The number of aliphatic carboxylic acids is 1. The molecule has 3 aliphatic rings. The maximum atomic E-state index is 13.4. The summed E-state index contributed by atoms with van der Waals surface area (Å²) in [6.45, 7) is 8.41. The van der Waals surface area contributed by atoms with Crippen LogP contribution in [-0.2, 0) is 14.3 Å². The molecule has 0 radical (unpaired) electrons. The van der Waals surface area contributed by atoms with E-state index in [9.17, 15) is 19.5 Å². The Morgan fingerprint density at radius 3 is 1.97 bits per heavy atom. The largest absolute Gasteiger partial charge is 0.481 e. The number of hydrogen-bond donors (Lipinski definition) is 2. The number of likely N-dealkylation sites (tertiary alicyclic amines) is 1. The van der Waals surface area contributed by atoms with Crippen LogP contribution in [0.1, 0.15) is 44.7 Å². The molecule has 0 spiro atoms. The molecular formula is C28H32N2O5. The van der Waals surface area contributed by atoms with E-state index >= 15 is 0 Å². The van der Waals surface area contributed by atoms with Crippen molar-refractivity contribution in [2.24, 2.45) is 23.2 Å². The quantitative estimate of drug-likeness (QED) is 0.654. The molecule has 1 aliphatic heterocycles. The van der Waals surface area contributed by atoms with Crippen LogP contribution in [0.5, 0.6) is 0 Å². The molecule has 0 aromatic heterocycles. The molecule has 5 rings (SSSR count). The Kier molecular flexibility index (Phi) is 5.42. The van der Waals surface area contributed by atoms with Gasteiger partial charge in [0.25, 0.3) is 0 Å². The van der Waals surface area contributed by atoms with Crippen molar-refractivity contribution in [3.05, 3.63) is 59.7 Å². The van der Waals surface area contributed by atoms with Gasteiger partial charge in [0.05, 0.1) is 16.9 Å². The molecule has 2 fully saturated rings. The highest BCUT2D eigenvalue weighted by atomic mass is 16.5. The fourth-order valence-electron chi connectivity index (χ4n) is 5.77. The lowest BCUT2D eigenvalue weighted by molar-refractivity contribution is -0.146. The highest BCUT2D eigenvalue weighted by Gasteiger charge is 2.62. The smallest absolute Gasteiger partial charge is 0.407 e. The number of carboxylic acid groups (broad SMARTS) is 1. The number of carbonyl (C=O) groups excluding carboxylic acids is 2. The lowest BCUT2D eigenvalue weighted by Gasteiger charge is -2.42. The standard InChI is InChI=1S/C28H32N2O5/c1-27(2,25(33)30-13-20-21(14-30)23(20)24(31)32)28(3,4)29-26(34)35-15-22-18-11-7-5-9-16(18)17-10-6-8-12-19(17)22/h5-12,20-23H,13-15H2,1-4H3,(H,29,34)(H,31,32). The summed E-state index contributed by atoms with van der Waals surface area (Å²) in [7, 11) is 0. The number of nitrogens with one attached hydrogen (secondary N) is 1. The molecule has 1 saturated heterocycles. The highest BCUT2D eigenvalue weighted by Crippen LogP contribution is 2.52. The van der Waals surface area contributed by atoms with Crippen LogP contribution in [-0.4, -0.2) is 53.2 Å². The third-order valence-electron chi connectivity index (χ3n) is 8.62. The van der Waals surface area contributed by atoms with Crippen LogP contribution < -0.4 is 5.32 Å². The van der Waals surface area contributed by atoms with E-state index in [0.717, 1.165) is 22.3 Å². The van der Waals surface area contributed by atoms with Crippen molar-refractivity contribution in [3.8, 4) is 11.1 Å². The Morgan fingerprint density at radius 1 is 0.943 bits per heavy atom. The van der Waals surface area contributed by atoms with E-state index in [1.165, 1.54) is 0 Å². The number of nitrogens with zero attached hydrogens (tertiary/aromatic N) is 1. The van der Waals surface area contributed by atoms with Crippen molar-refractivity contribution in [1.82, 2.24) is 10.2 Å². The summed E-state index contributed by atoms with van der Waals surface area (Å²) in [6.07, 6.45) is -0.562. The maximum absolute atomic E-state index is 13.4. The Bertz CT molecular complexity index is 1150. The van der Waals surface area contributed by atoms with Crippen molar-refractivity contribution in [1.29, 1.82) is 0 Å². The van der Waals surface area contributed by atoms with Crippen molar-refractivity contribution in [2.75, 3.05) is 19.7 Å². The van der Waals surface area contributed by atoms with E-state index in [0.29, 0.717) is 13.1 Å². The molecular weight excluding hydrogens is 444 g/mol. The van der Waals surface area contributed by atoms with Gasteiger partial charge >= 0.3 is 12.1 Å². The number of alkyl carbamates (subject to hydrolysis) is 1. The summed E-state index contributed by atoms with van der Waals surface area (Å²) in [6, 6.07) is 16.3. The molecule has 2 unspecified atom stereocenters. The minimum Gasteiger partial charge on any atom is -0.481 e. The molecule has 7 heteroatoms. The van der Waals surface area contributed by atoms with E-state index in [1.54, 1.807) is 4.90 Å². The van der Waals surface area contributed by atoms with Crippen LogP contribution in [0.25, 0.3) is 11.1 Å². The number of carbonyl (C=O) groups is 3. The normalized spacial score (nSPS) is 22.7. The fourth-order valence-corrected chi connectivity index (χ4v) is 5.77. The summed E-state index contributed by atoms with van der Waals surface area (Å²) in [5.41, 5.74) is 2.82. The minimum atomic E-state index is -0.909. The lowest BCUT2D eigenvalue weighted by atomic mass is 9.73. The zero-order valence-corrected chi connectivity index (χ0v) is 20.6. The average molecular weight is 477 g/mol. The molecule has 2 N–H and O–H groups in total. The predicted molar refractivity (Wildman–Crippen MR) is 131 cm³/mol. The molecule has 1 saturated carbocycles. The van der Waals surface area contributed by atoms with Crippen LogP contribution >= 0.6 is 0 Å². The minimum absolute atomic E-state index is 0.0376. The number of benzene rings is 2. The first kappa shape index (κ1) is 23.4. The summed E-state index contributed by atoms with van der Waals surface area (Å²) >= 11 is 0. The summed E-state index contributed by atoms with van der Waals surface area (Å²) in [5.74, 6) is -1.13. The Balaban J connectivity index is 1.22. The number of carboxylic acids is 1. The number of piperidine rings is 1.